The molecule has 1 aromatic carbocycles. The first-order valence-electron chi connectivity index (χ1n) is 8.08. The first-order chi connectivity index (χ1) is 11.5. The molecule has 130 valence electrons. The summed E-state index contributed by atoms with van der Waals surface area (Å²) in [5, 5.41) is 1.09. The predicted molar refractivity (Wildman–Crippen MR) is 88.2 cm³/mol. The van der Waals surface area contributed by atoms with Crippen molar-refractivity contribution in [3.63, 3.8) is 0 Å². The summed E-state index contributed by atoms with van der Waals surface area (Å²) >= 11 is 0. The highest BCUT2D eigenvalue weighted by molar-refractivity contribution is 8.06. The number of hydrogen-bond donors (Lipinski definition) is 1. The molecule has 1 aliphatic heterocycles. The molecule has 2 fully saturated rings. The molecule has 1 saturated carbocycles. The van der Waals surface area contributed by atoms with Crippen molar-refractivity contribution in [2.24, 2.45) is 0 Å². The van der Waals surface area contributed by atoms with Crippen molar-refractivity contribution in [1.29, 1.82) is 0 Å². The molecular weight excluding hydrogens is 330 g/mol. The van der Waals surface area contributed by atoms with E-state index in [2.05, 4.69) is 10.2 Å². The Balaban J connectivity index is 1.50. The van der Waals surface area contributed by atoms with Crippen LogP contribution in [-0.4, -0.2) is 68.1 Å². The summed E-state index contributed by atoms with van der Waals surface area (Å²) in [6.45, 7) is 2.63. The molecule has 7 nitrogen and oxygen atoms in total. The molecule has 1 aliphatic carbocycles. The number of sulfone groups is 1. The lowest BCUT2D eigenvalue weighted by Crippen LogP contribution is -2.51. The number of carbonyl (C=O) groups is 2. The smallest absolute Gasteiger partial charge is 0.339 e. The van der Waals surface area contributed by atoms with Crippen LogP contribution in [-0.2, 0) is 14.6 Å². The standard InChI is InChI=1S/C16H21N3O4S/c20-15(19-10-8-18(9-11-19)13-6-7-13)12-17-16(21)24(22,23)14-4-2-1-3-5-14/h1-5,13H,6-12H2,(H,17,21). The quantitative estimate of drug-likeness (QED) is 0.852. The van der Waals surface area contributed by atoms with Gasteiger partial charge in [-0.1, -0.05) is 18.2 Å². The highest BCUT2D eigenvalue weighted by Crippen LogP contribution is 2.27. The fourth-order valence-electron chi connectivity index (χ4n) is 2.84. The Hall–Kier alpha value is -1.93. The Morgan fingerprint density at radius 3 is 2.25 bits per heavy atom. The second kappa shape index (κ2) is 6.90. The molecule has 1 N–H and O–H groups in total. The summed E-state index contributed by atoms with van der Waals surface area (Å²) in [6, 6.07) is 8.15. The predicted octanol–water partition coefficient (Wildman–Crippen LogP) is 0.476. The minimum Gasteiger partial charge on any atom is -0.339 e. The van der Waals surface area contributed by atoms with Crippen LogP contribution in [0.4, 0.5) is 4.79 Å². The zero-order valence-corrected chi connectivity index (χ0v) is 14.2. The molecule has 0 aromatic heterocycles. The van der Waals surface area contributed by atoms with Crippen LogP contribution in [0.5, 0.6) is 0 Å². The summed E-state index contributed by atoms with van der Waals surface area (Å²) in [5.41, 5.74) is 0. The lowest BCUT2D eigenvalue weighted by atomic mass is 10.3. The van der Waals surface area contributed by atoms with Crippen LogP contribution in [0, 0.1) is 0 Å². The maximum atomic E-state index is 12.2. The molecular formula is C16H21N3O4S. The molecule has 2 amide bonds. The zero-order valence-electron chi connectivity index (χ0n) is 13.3. The van der Waals surface area contributed by atoms with E-state index in [0.29, 0.717) is 19.1 Å². The van der Waals surface area contributed by atoms with E-state index in [-0.39, 0.29) is 17.3 Å². The van der Waals surface area contributed by atoms with E-state index in [9.17, 15) is 18.0 Å². The highest BCUT2D eigenvalue weighted by Gasteiger charge is 2.32. The maximum Gasteiger partial charge on any atom is 0.341 e. The molecule has 0 radical (unpaired) electrons. The van der Waals surface area contributed by atoms with Gasteiger partial charge in [0.2, 0.25) is 5.91 Å². The topological polar surface area (TPSA) is 86.8 Å². The summed E-state index contributed by atoms with van der Waals surface area (Å²) < 4.78 is 24.2. The van der Waals surface area contributed by atoms with Crippen molar-refractivity contribution in [3.05, 3.63) is 30.3 Å². The number of benzene rings is 1. The van der Waals surface area contributed by atoms with Gasteiger partial charge in [-0.25, -0.2) is 8.42 Å². The summed E-state index contributed by atoms with van der Waals surface area (Å²) in [4.78, 5) is 28.1. The van der Waals surface area contributed by atoms with Crippen LogP contribution in [0.1, 0.15) is 12.8 Å². The SMILES string of the molecule is O=C(CNC(=O)S(=O)(=O)c1ccccc1)N1CCN(C2CC2)CC1. The third-order valence-corrected chi connectivity index (χ3v) is 5.94. The number of nitrogens with zero attached hydrogens (tertiary/aromatic N) is 2. The van der Waals surface area contributed by atoms with E-state index in [1.165, 1.54) is 25.0 Å². The number of piperazine rings is 1. The van der Waals surface area contributed by atoms with Crippen molar-refractivity contribution in [2.75, 3.05) is 32.7 Å². The maximum absolute atomic E-state index is 12.2. The molecule has 1 saturated heterocycles. The van der Waals surface area contributed by atoms with E-state index >= 15 is 0 Å². The summed E-state index contributed by atoms with van der Waals surface area (Å²) in [5.74, 6) is -0.248. The van der Waals surface area contributed by atoms with E-state index < -0.39 is 15.1 Å². The molecule has 2 aliphatic rings. The van der Waals surface area contributed by atoms with E-state index in [1.807, 2.05) is 0 Å². The van der Waals surface area contributed by atoms with Gasteiger partial charge in [-0.3, -0.25) is 14.5 Å². The average molecular weight is 351 g/mol. The van der Waals surface area contributed by atoms with Gasteiger partial charge < -0.3 is 10.2 Å². The first-order valence-corrected chi connectivity index (χ1v) is 9.56. The van der Waals surface area contributed by atoms with Crippen LogP contribution < -0.4 is 5.32 Å². The van der Waals surface area contributed by atoms with Crippen molar-refractivity contribution in [2.45, 2.75) is 23.8 Å². The molecule has 24 heavy (non-hydrogen) atoms. The number of amides is 2. The Morgan fingerprint density at radius 1 is 1.04 bits per heavy atom. The minimum absolute atomic E-state index is 0.0759. The van der Waals surface area contributed by atoms with Crippen LogP contribution in [0.3, 0.4) is 0 Å². The molecule has 0 bridgehead atoms. The van der Waals surface area contributed by atoms with E-state index in [1.54, 1.807) is 23.1 Å². The minimum atomic E-state index is -4.11. The number of rotatable bonds is 4. The van der Waals surface area contributed by atoms with Gasteiger partial charge in [-0.2, -0.15) is 0 Å². The molecule has 0 unspecified atom stereocenters. The molecule has 1 heterocycles. The first kappa shape index (κ1) is 16.9. The second-order valence-electron chi connectivity index (χ2n) is 6.11. The van der Waals surface area contributed by atoms with Gasteiger partial charge in [0.15, 0.2) is 0 Å². The van der Waals surface area contributed by atoms with Crippen LogP contribution in [0.2, 0.25) is 0 Å². The number of hydrogen-bond acceptors (Lipinski definition) is 5. The number of carbonyl (C=O) groups excluding carboxylic acids is 2. The molecule has 8 heteroatoms. The lowest BCUT2D eigenvalue weighted by Gasteiger charge is -2.34. The summed E-state index contributed by atoms with van der Waals surface area (Å²) in [7, 11) is -4.11. The highest BCUT2D eigenvalue weighted by atomic mass is 32.2. The van der Waals surface area contributed by atoms with Crippen LogP contribution >= 0.6 is 0 Å². The Labute approximate surface area is 141 Å². The van der Waals surface area contributed by atoms with Crippen molar-refractivity contribution in [1.82, 2.24) is 15.1 Å². The fourth-order valence-corrected chi connectivity index (χ4v) is 3.83. The van der Waals surface area contributed by atoms with Gasteiger partial charge in [-0.15, -0.1) is 0 Å². The Kier molecular flexibility index (Phi) is 4.86. The fraction of sp³-hybridized carbons (Fsp3) is 0.500. The van der Waals surface area contributed by atoms with Gasteiger partial charge in [0.05, 0.1) is 11.4 Å². The number of nitrogens with one attached hydrogen (secondary N) is 1. The third kappa shape index (κ3) is 3.76. The van der Waals surface area contributed by atoms with Gasteiger partial charge in [0.1, 0.15) is 0 Å². The average Bonchev–Trinajstić information content (AvgIpc) is 3.45. The van der Waals surface area contributed by atoms with Gasteiger partial charge >= 0.3 is 5.24 Å². The second-order valence-corrected chi connectivity index (χ2v) is 7.95. The van der Waals surface area contributed by atoms with Crippen LogP contribution in [0.25, 0.3) is 0 Å². The molecule has 0 spiro atoms. The third-order valence-electron chi connectivity index (χ3n) is 4.41. The van der Waals surface area contributed by atoms with Gasteiger partial charge in [-0.05, 0) is 25.0 Å². The largest absolute Gasteiger partial charge is 0.341 e. The molecule has 1 aromatic rings. The summed E-state index contributed by atoms with van der Waals surface area (Å²) in [6.07, 6.45) is 2.47. The monoisotopic (exact) mass is 351 g/mol. The Bertz CT molecular complexity index is 708. The van der Waals surface area contributed by atoms with Crippen molar-refractivity contribution in [3.8, 4) is 0 Å². The lowest BCUT2D eigenvalue weighted by molar-refractivity contribution is -0.131. The normalized spacial score (nSPS) is 19.1. The van der Waals surface area contributed by atoms with E-state index in [4.69, 9.17) is 0 Å². The van der Waals surface area contributed by atoms with E-state index in [0.717, 1.165) is 13.1 Å². The molecule has 3 rings (SSSR count). The van der Waals surface area contributed by atoms with Gasteiger partial charge in [0.25, 0.3) is 9.84 Å². The van der Waals surface area contributed by atoms with Crippen LogP contribution in [0.15, 0.2) is 35.2 Å². The molecule has 0 atom stereocenters. The van der Waals surface area contributed by atoms with Crippen molar-refractivity contribution >= 4 is 21.0 Å². The van der Waals surface area contributed by atoms with Crippen molar-refractivity contribution < 1.29 is 18.0 Å². The Morgan fingerprint density at radius 2 is 1.67 bits per heavy atom. The zero-order chi connectivity index (χ0) is 17.2. The van der Waals surface area contributed by atoms with Gasteiger partial charge in [0, 0.05) is 32.2 Å².